The molecule has 0 N–H and O–H groups in total. The van der Waals surface area contributed by atoms with Crippen LogP contribution in [-0.2, 0) is 28.6 Å². The normalized spacial score (nSPS) is 13.2. The van der Waals surface area contributed by atoms with E-state index in [1.54, 1.807) is 0 Å². The molecule has 0 bridgehead atoms. The number of hydrogen-bond donors (Lipinski definition) is 0. The van der Waals surface area contributed by atoms with E-state index < -0.39 is 6.10 Å². The van der Waals surface area contributed by atoms with E-state index >= 15 is 0 Å². The molecule has 0 aliphatic heterocycles. The number of unbranched alkanes of at least 4 members (excludes halogenated alkanes) is 21. The molecule has 456 valence electrons. The largest absolute Gasteiger partial charge is 0.462 e. The van der Waals surface area contributed by atoms with Gasteiger partial charge in [0, 0.05) is 19.3 Å². The third-order valence-corrected chi connectivity index (χ3v) is 13.5. The van der Waals surface area contributed by atoms with Gasteiger partial charge in [-0.05, 0) is 128 Å². The fraction of sp³-hybridized carbons (Fsp3) is 0.613. The summed E-state index contributed by atoms with van der Waals surface area (Å²) in [6, 6.07) is 0. The average molecular weight is 1120 g/mol. The molecule has 0 aliphatic rings. The third kappa shape index (κ3) is 65.7. The fourth-order valence-corrected chi connectivity index (χ4v) is 8.66. The molecule has 0 amide bonds. The molecule has 0 fully saturated rings. The second-order valence-electron chi connectivity index (χ2n) is 21.3. The first-order chi connectivity index (χ1) is 40.0. The number of carbonyl (C=O) groups excluding carboxylic acids is 3. The third-order valence-electron chi connectivity index (χ3n) is 13.5. The van der Waals surface area contributed by atoms with E-state index in [0.29, 0.717) is 19.3 Å². The first-order valence-corrected chi connectivity index (χ1v) is 33.0. The molecule has 0 saturated carbocycles. The van der Waals surface area contributed by atoms with Crippen molar-refractivity contribution in [3.05, 3.63) is 158 Å². The van der Waals surface area contributed by atoms with Crippen LogP contribution >= 0.6 is 0 Å². The summed E-state index contributed by atoms with van der Waals surface area (Å²) in [5, 5.41) is 0. The summed E-state index contributed by atoms with van der Waals surface area (Å²) in [5.41, 5.74) is 0. The topological polar surface area (TPSA) is 78.9 Å². The van der Waals surface area contributed by atoms with Gasteiger partial charge in [0.1, 0.15) is 13.2 Å². The number of esters is 3. The number of ether oxygens (including phenoxy) is 3. The minimum atomic E-state index is -0.796. The highest BCUT2D eigenvalue weighted by atomic mass is 16.6. The van der Waals surface area contributed by atoms with Crippen LogP contribution < -0.4 is 0 Å². The van der Waals surface area contributed by atoms with Gasteiger partial charge in [0.25, 0.3) is 0 Å². The first kappa shape index (κ1) is 76.0. The van der Waals surface area contributed by atoms with Crippen molar-refractivity contribution >= 4 is 17.9 Å². The predicted molar refractivity (Wildman–Crippen MR) is 352 cm³/mol. The zero-order chi connectivity index (χ0) is 58.5. The van der Waals surface area contributed by atoms with Gasteiger partial charge >= 0.3 is 17.9 Å². The summed E-state index contributed by atoms with van der Waals surface area (Å²) in [4.78, 5) is 38.0. The van der Waals surface area contributed by atoms with Gasteiger partial charge in [-0.2, -0.15) is 0 Å². The highest BCUT2D eigenvalue weighted by Crippen LogP contribution is 2.15. The molecule has 0 rings (SSSR count). The van der Waals surface area contributed by atoms with E-state index in [0.717, 1.165) is 161 Å². The molecule has 0 spiro atoms. The van der Waals surface area contributed by atoms with E-state index in [1.807, 2.05) is 0 Å². The summed E-state index contributed by atoms with van der Waals surface area (Å²) >= 11 is 0. The van der Waals surface area contributed by atoms with E-state index in [9.17, 15) is 14.4 Å². The SMILES string of the molecule is CC/C=C\C/C=C\C/C=C\C/C=C\C/C=C\C/C=C\C/C=C\C/C=C\C/C=C\CCCCCC(=O)OCC(COC(=O)CCCCCCC)OC(=O)CCCCCCCCCCCCCCCC/C=C\C/C=C\C/C=C\C/C=C\CC. The quantitative estimate of drug-likeness (QED) is 0.0261. The number of hydrogen-bond acceptors (Lipinski definition) is 6. The summed E-state index contributed by atoms with van der Waals surface area (Å²) in [5.74, 6) is -0.944. The van der Waals surface area contributed by atoms with Crippen LogP contribution in [0.15, 0.2) is 158 Å². The van der Waals surface area contributed by atoms with Gasteiger partial charge < -0.3 is 14.2 Å². The highest BCUT2D eigenvalue weighted by molar-refractivity contribution is 5.71. The Morgan fingerprint density at radius 2 is 0.481 bits per heavy atom. The Hall–Kier alpha value is -4.97. The lowest BCUT2D eigenvalue weighted by molar-refractivity contribution is -0.167. The van der Waals surface area contributed by atoms with Crippen LogP contribution in [0.4, 0.5) is 0 Å². The minimum Gasteiger partial charge on any atom is -0.462 e. The minimum absolute atomic E-state index is 0.0939. The predicted octanol–water partition coefficient (Wildman–Crippen LogP) is 22.9. The summed E-state index contributed by atoms with van der Waals surface area (Å²) in [7, 11) is 0. The Kier molecular flexibility index (Phi) is 63.4. The van der Waals surface area contributed by atoms with Crippen molar-refractivity contribution in [2.45, 2.75) is 284 Å². The van der Waals surface area contributed by atoms with Gasteiger partial charge in [0.05, 0.1) is 0 Å². The average Bonchev–Trinajstić information content (AvgIpc) is 3.47. The molecule has 6 heteroatoms. The lowest BCUT2D eigenvalue weighted by Gasteiger charge is -2.18. The van der Waals surface area contributed by atoms with Gasteiger partial charge in [-0.3, -0.25) is 14.4 Å². The van der Waals surface area contributed by atoms with Crippen molar-refractivity contribution in [1.29, 1.82) is 0 Å². The first-order valence-electron chi connectivity index (χ1n) is 33.0. The molecule has 1 unspecified atom stereocenters. The van der Waals surface area contributed by atoms with Crippen LogP contribution in [0.1, 0.15) is 278 Å². The second-order valence-corrected chi connectivity index (χ2v) is 21.3. The van der Waals surface area contributed by atoms with E-state index in [2.05, 4.69) is 179 Å². The summed E-state index contributed by atoms with van der Waals surface area (Å²) in [6.45, 7) is 6.30. The zero-order valence-electron chi connectivity index (χ0n) is 52.2. The molecule has 6 nitrogen and oxygen atoms in total. The molecular weight excluding hydrogens is 997 g/mol. The van der Waals surface area contributed by atoms with Crippen LogP contribution in [0.25, 0.3) is 0 Å². The lowest BCUT2D eigenvalue weighted by Crippen LogP contribution is -2.30. The van der Waals surface area contributed by atoms with Crippen molar-refractivity contribution < 1.29 is 28.6 Å². The van der Waals surface area contributed by atoms with Gasteiger partial charge in [0.15, 0.2) is 6.10 Å². The highest BCUT2D eigenvalue weighted by Gasteiger charge is 2.19. The summed E-state index contributed by atoms with van der Waals surface area (Å²) in [6.07, 6.45) is 98.8. The van der Waals surface area contributed by atoms with Crippen LogP contribution in [0.5, 0.6) is 0 Å². The number of allylic oxidation sites excluding steroid dienone is 26. The molecule has 0 aromatic heterocycles. The Balaban J connectivity index is 4.14. The Morgan fingerprint density at radius 1 is 0.259 bits per heavy atom. The van der Waals surface area contributed by atoms with E-state index in [4.69, 9.17) is 14.2 Å². The molecule has 0 aromatic carbocycles. The molecule has 1 atom stereocenters. The summed E-state index contributed by atoms with van der Waals surface area (Å²) < 4.78 is 16.8. The van der Waals surface area contributed by atoms with Crippen LogP contribution in [0.3, 0.4) is 0 Å². The van der Waals surface area contributed by atoms with Gasteiger partial charge in [-0.1, -0.05) is 288 Å². The van der Waals surface area contributed by atoms with Gasteiger partial charge in [0.2, 0.25) is 0 Å². The van der Waals surface area contributed by atoms with Crippen molar-refractivity contribution in [2.75, 3.05) is 13.2 Å². The zero-order valence-corrected chi connectivity index (χ0v) is 52.2. The van der Waals surface area contributed by atoms with E-state index in [1.165, 1.54) is 77.0 Å². The Labute approximate surface area is 499 Å². The van der Waals surface area contributed by atoms with Crippen molar-refractivity contribution in [3.63, 3.8) is 0 Å². The maximum Gasteiger partial charge on any atom is 0.306 e. The number of carbonyl (C=O) groups is 3. The molecule has 81 heavy (non-hydrogen) atoms. The monoisotopic (exact) mass is 1120 g/mol. The Bertz CT molecular complexity index is 1810. The van der Waals surface area contributed by atoms with Crippen molar-refractivity contribution in [1.82, 2.24) is 0 Å². The maximum atomic E-state index is 12.8. The Morgan fingerprint density at radius 3 is 0.765 bits per heavy atom. The van der Waals surface area contributed by atoms with Gasteiger partial charge in [-0.15, -0.1) is 0 Å². The standard InChI is InChI=1S/C75H120O6/c1-4-7-10-13-15-17-19-21-23-25-27-29-31-33-35-36-37-38-40-41-43-45-47-49-51-53-55-57-59-62-65-68-74(77)80-71-72(70-79-73(76)67-64-61-12-9-6-3)81-75(78)69-66-63-60-58-56-54-52-50-48-46-44-42-39-34-32-30-28-26-24-22-20-18-16-14-11-8-5-2/h7-8,10-11,15-18,21-24,27-30,33,35,37-38,41,43,47,49,53,55,72H,4-6,9,12-14,19-20,25-26,31-32,34,36,39-40,42,44-46,48,50-52,54,56-71H2,1-3H3/b10-7-,11-8-,17-15-,18-16-,23-21-,24-22-,29-27-,30-28-,35-33-,38-37-,43-41-,49-47-,55-53-. The van der Waals surface area contributed by atoms with Crippen LogP contribution in [-0.4, -0.2) is 37.2 Å². The van der Waals surface area contributed by atoms with E-state index in [-0.39, 0.29) is 31.1 Å². The molecule has 0 aliphatic carbocycles. The number of rotatable bonds is 58. The maximum absolute atomic E-state index is 12.8. The van der Waals surface area contributed by atoms with Crippen molar-refractivity contribution in [3.8, 4) is 0 Å². The fourth-order valence-electron chi connectivity index (χ4n) is 8.66. The van der Waals surface area contributed by atoms with Gasteiger partial charge in [-0.25, -0.2) is 0 Å². The van der Waals surface area contributed by atoms with Crippen LogP contribution in [0, 0.1) is 0 Å². The van der Waals surface area contributed by atoms with Crippen LogP contribution in [0.2, 0.25) is 0 Å². The molecule has 0 radical (unpaired) electrons. The smallest absolute Gasteiger partial charge is 0.306 e. The molecule has 0 aromatic rings. The van der Waals surface area contributed by atoms with Crippen molar-refractivity contribution in [2.24, 2.45) is 0 Å². The lowest BCUT2D eigenvalue weighted by atomic mass is 10.0. The molecule has 0 saturated heterocycles. The second kappa shape index (κ2) is 67.5. The molecule has 0 heterocycles. The molecular formula is C75H120O6.